The number of para-hydroxylation sites is 1. The number of fused-ring (bicyclic) bond motifs is 3. The van der Waals surface area contributed by atoms with E-state index in [4.69, 9.17) is 4.42 Å². The van der Waals surface area contributed by atoms with Crippen LogP contribution in [0.25, 0.3) is 11.0 Å². The van der Waals surface area contributed by atoms with E-state index in [2.05, 4.69) is 25.8 Å². The molecule has 0 radical (unpaired) electrons. The van der Waals surface area contributed by atoms with Crippen molar-refractivity contribution in [2.45, 2.75) is 25.8 Å². The molecule has 3 rings (SSSR count). The van der Waals surface area contributed by atoms with E-state index >= 15 is 0 Å². The fourth-order valence-corrected chi connectivity index (χ4v) is 2.98. The summed E-state index contributed by atoms with van der Waals surface area (Å²) in [5.41, 5.74) is 1.56. The Kier molecular flexibility index (Phi) is 3.75. The fraction of sp³-hybridized carbons (Fsp3) is 0.429. The van der Waals surface area contributed by atoms with Crippen molar-refractivity contribution in [2.24, 2.45) is 0 Å². The molecule has 0 aliphatic carbocycles. The number of nitro groups is 1. The van der Waals surface area contributed by atoms with Crippen LogP contribution in [0.2, 0.25) is 0 Å². The zero-order chi connectivity index (χ0) is 13.7. The van der Waals surface area contributed by atoms with Gasteiger partial charge in [0, 0.05) is 35.5 Å². The largest absolute Gasteiger partial charge is 0.453 e. The van der Waals surface area contributed by atoms with Crippen LogP contribution in [0.15, 0.2) is 22.6 Å². The predicted molar refractivity (Wildman–Crippen MR) is 79.6 cm³/mol. The molecule has 108 valence electrons. The molecule has 0 fully saturated rings. The topological polar surface area (TPSA) is 59.5 Å². The predicted octanol–water partition coefficient (Wildman–Crippen LogP) is 3.87. The fourth-order valence-electron chi connectivity index (χ4n) is 2.98. The number of nitro benzene ring substituents is 1. The summed E-state index contributed by atoms with van der Waals surface area (Å²) in [6.45, 7) is 5.11. The number of non-ortho nitro benzene ring substituents is 1. The van der Waals surface area contributed by atoms with Crippen LogP contribution in [0, 0.1) is 10.1 Å². The molecule has 6 heteroatoms. The minimum Gasteiger partial charge on any atom is -0.453 e. The first-order chi connectivity index (χ1) is 9.00. The van der Waals surface area contributed by atoms with E-state index in [0.717, 1.165) is 23.3 Å². The summed E-state index contributed by atoms with van der Waals surface area (Å²) < 4.78 is 5.85. The summed E-state index contributed by atoms with van der Waals surface area (Å²) in [6.07, 6.45) is 0. The molecular weight excluding hydrogens is 280 g/mol. The second-order valence-corrected chi connectivity index (χ2v) is 5.31. The molecule has 2 atom stereocenters. The molecule has 0 amide bonds. The molecular formula is C14H17ClN2O3. The molecule has 0 spiro atoms. The van der Waals surface area contributed by atoms with Gasteiger partial charge in [-0.25, -0.2) is 0 Å². The highest BCUT2D eigenvalue weighted by Crippen LogP contribution is 2.43. The van der Waals surface area contributed by atoms with Crippen LogP contribution in [-0.2, 0) is 0 Å². The number of benzene rings is 1. The summed E-state index contributed by atoms with van der Waals surface area (Å²) in [5.74, 6) is 1.15. The van der Waals surface area contributed by atoms with Crippen molar-refractivity contribution in [1.29, 1.82) is 0 Å². The van der Waals surface area contributed by atoms with Crippen molar-refractivity contribution in [2.75, 3.05) is 13.6 Å². The summed E-state index contributed by atoms with van der Waals surface area (Å²) in [5, 5.41) is 12.0. The molecule has 2 unspecified atom stereocenters. The molecule has 2 heterocycles. The third-order valence-corrected chi connectivity index (χ3v) is 4.05. The van der Waals surface area contributed by atoms with Gasteiger partial charge in [-0.1, -0.05) is 19.1 Å². The van der Waals surface area contributed by atoms with Crippen molar-refractivity contribution in [3.8, 4) is 0 Å². The summed E-state index contributed by atoms with van der Waals surface area (Å²) in [7, 11) is 2.07. The van der Waals surface area contributed by atoms with Crippen LogP contribution in [0.5, 0.6) is 0 Å². The normalized spacial score (nSPS) is 22.4. The molecule has 1 aromatic heterocycles. The quantitative estimate of drug-likeness (QED) is 0.592. The van der Waals surface area contributed by atoms with Gasteiger partial charge in [0.15, 0.2) is 0 Å². The highest BCUT2D eigenvalue weighted by atomic mass is 35.5. The van der Waals surface area contributed by atoms with E-state index in [9.17, 15) is 10.1 Å². The van der Waals surface area contributed by atoms with Gasteiger partial charge in [0.25, 0.3) is 0 Å². The third-order valence-electron chi connectivity index (χ3n) is 4.05. The Labute approximate surface area is 123 Å². The van der Waals surface area contributed by atoms with Crippen LogP contribution in [0.4, 0.5) is 5.69 Å². The number of halogens is 1. The minimum atomic E-state index is -0.379. The van der Waals surface area contributed by atoms with E-state index in [-0.39, 0.29) is 35.0 Å². The van der Waals surface area contributed by atoms with Gasteiger partial charge in [0.1, 0.15) is 5.76 Å². The second kappa shape index (κ2) is 5.07. The third kappa shape index (κ3) is 1.98. The van der Waals surface area contributed by atoms with Crippen LogP contribution < -0.4 is 0 Å². The van der Waals surface area contributed by atoms with Gasteiger partial charge in [-0.05, 0) is 14.0 Å². The van der Waals surface area contributed by atoms with Crippen LogP contribution in [-0.4, -0.2) is 23.4 Å². The first-order valence-corrected chi connectivity index (χ1v) is 6.40. The molecule has 1 aliphatic rings. The summed E-state index contributed by atoms with van der Waals surface area (Å²) >= 11 is 0. The van der Waals surface area contributed by atoms with Gasteiger partial charge in [-0.2, -0.15) is 0 Å². The molecule has 1 aromatic carbocycles. The van der Waals surface area contributed by atoms with Crippen LogP contribution in [0.1, 0.15) is 37.1 Å². The molecule has 2 aromatic rings. The number of hydrogen-bond acceptors (Lipinski definition) is 4. The lowest BCUT2D eigenvalue weighted by Crippen LogP contribution is -2.31. The average Bonchev–Trinajstić information content (AvgIpc) is 2.75. The first-order valence-electron chi connectivity index (χ1n) is 6.40. The van der Waals surface area contributed by atoms with Gasteiger partial charge in [-0.3, -0.25) is 15.0 Å². The molecule has 20 heavy (non-hydrogen) atoms. The Morgan fingerprint density at radius 3 is 2.75 bits per heavy atom. The second-order valence-electron chi connectivity index (χ2n) is 5.31. The van der Waals surface area contributed by atoms with Crippen molar-refractivity contribution in [3.05, 3.63) is 39.6 Å². The maximum absolute atomic E-state index is 11.1. The molecule has 5 nitrogen and oxygen atoms in total. The Hall–Kier alpha value is -1.59. The minimum absolute atomic E-state index is 0. The lowest BCUT2D eigenvalue weighted by Gasteiger charge is -2.32. The number of nitrogens with zero attached hydrogens (tertiary/aromatic N) is 2. The SMILES string of the molecule is CC1CN(C)C(C)c2c1oc1c([N+](=O)[O-])cccc21.Cl. The maximum Gasteiger partial charge on any atom is 0.312 e. The van der Waals surface area contributed by atoms with E-state index < -0.39 is 0 Å². The van der Waals surface area contributed by atoms with E-state index in [1.165, 1.54) is 6.07 Å². The highest BCUT2D eigenvalue weighted by molar-refractivity contribution is 5.90. The van der Waals surface area contributed by atoms with E-state index in [1.54, 1.807) is 6.07 Å². The summed E-state index contributed by atoms with van der Waals surface area (Å²) in [4.78, 5) is 13.0. The number of rotatable bonds is 1. The number of hydrogen-bond donors (Lipinski definition) is 0. The van der Waals surface area contributed by atoms with Gasteiger partial charge >= 0.3 is 5.69 Å². The summed E-state index contributed by atoms with van der Waals surface area (Å²) in [6, 6.07) is 5.35. The van der Waals surface area contributed by atoms with Crippen LogP contribution >= 0.6 is 12.4 Å². The van der Waals surface area contributed by atoms with Crippen molar-refractivity contribution in [3.63, 3.8) is 0 Å². The molecule has 0 N–H and O–H groups in total. The van der Waals surface area contributed by atoms with Gasteiger partial charge < -0.3 is 4.42 Å². The lowest BCUT2D eigenvalue weighted by molar-refractivity contribution is -0.383. The Bertz CT molecular complexity index is 668. The average molecular weight is 297 g/mol. The van der Waals surface area contributed by atoms with Crippen molar-refractivity contribution >= 4 is 29.1 Å². The highest BCUT2D eigenvalue weighted by Gasteiger charge is 2.33. The van der Waals surface area contributed by atoms with E-state index in [0.29, 0.717) is 5.58 Å². The van der Waals surface area contributed by atoms with E-state index in [1.807, 2.05) is 6.07 Å². The molecule has 0 saturated heterocycles. The first kappa shape index (κ1) is 14.8. The Morgan fingerprint density at radius 1 is 1.40 bits per heavy atom. The standard InChI is InChI=1S/C14H16N2O3.ClH/c1-8-7-15(3)9(2)12-10-5-4-6-11(16(17)18)14(10)19-13(8)12;/h4-6,8-9H,7H2,1-3H3;1H. The number of likely N-dealkylation sites (N-methyl/N-ethyl adjacent to an activating group) is 1. The van der Waals surface area contributed by atoms with Gasteiger partial charge in [0.2, 0.25) is 5.58 Å². The van der Waals surface area contributed by atoms with Crippen molar-refractivity contribution in [1.82, 2.24) is 4.90 Å². The van der Waals surface area contributed by atoms with Crippen LogP contribution in [0.3, 0.4) is 0 Å². The maximum atomic E-state index is 11.1. The zero-order valence-corrected chi connectivity index (χ0v) is 12.4. The molecule has 0 bridgehead atoms. The monoisotopic (exact) mass is 296 g/mol. The molecule has 1 aliphatic heterocycles. The molecule has 0 saturated carbocycles. The smallest absolute Gasteiger partial charge is 0.312 e. The Morgan fingerprint density at radius 2 is 2.10 bits per heavy atom. The van der Waals surface area contributed by atoms with Crippen molar-refractivity contribution < 1.29 is 9.34 Å². The Balaban J connectivity index is 0.00000147. The van der Waals surface area contributed by atoms with Gasteiger partial charge in [-0.15, -0.1) is 12.4 Å². The van der Waals surface area contributed by atoms with Gasteiger partial charge in [0.05, 0.1) is 4.92 Å². The number of furan rings is 1. The lowest BCUT2D eigenvalue weighted by atomic mass is 9.92. The zero-order valence-electron chi connectivity index (χ0n) is 11.6.